The van der Waals surface area contributed by atoms with Crippen LogP contribution >= 0.6 is 0 Å². The molecule has 2 N–H and O–H groups in total. The Balaban J connectivity index is 7.31. The van der Waals surface area contributed by atoms with Crippen LogP contribution in [0.3, 0.4) is 0 Å². The van der Waals surface area contributed by atoms with Crippen molar-refractivity contribution in [3.8, 4) is 0 Å². The lowest BCUT2D eigenvalue weighted by molar-refractivity contribution is -0.487. The van der Waals surface area contributed by atoms with E-state index in [0.717, 1.165) is 0 Å². The van der Waals surface area contributed by atoms with Gasteiger partial charge < -0.3 is 14.7 Å². The summed E-state index contributed by atoms with van der Waals surface area (Å²) in [5.41, 5.74) is 0. The molecule has 3 nitrogen and oxygen atoms in total. The molecule has 0 aromatic rings. The van der Waals surface area contributed by atoms with Crippen molar-refractivity contribution in [2.24, 2.45) is 0 Å². The third-order valence-corrected chi connectivity index (χ3v) is 4.52. The molecule has 246 valence electrons. The van der Waals surface area contributed by atoms with E-state index in [2.05, 4.69) is 0 Å². The molecule has 0 radical (unpaired) electrons. The summed E-state index contributed by atoms with van der Waals surface area (Å²) in [7, 11) is -4.47. The Bertz CT molecular complexity index is 950. The monoisotopic (exact) mass is 680 g/mol. The molecule has 0 aliphatic heterocycles. The van der Waals surface area contributed by atoms with Crippen LogP contribution in [0.2, 0.25) is 0 Å². The zero-order chi connectivity index (χ0) is 34.3. The zero-order valence-electron chi connectivity index (χ0n) is 17.3. The highest BCUT2D eigenvalue weighted by Crippen LogP contribution is 2.67. The minimum Gasteiger partial charge on any atom is -0.402 e. The third kappa shape index (κ3) is 4.79. The molecule has 0 saturated carbocycles. The first-order valence-corrected chi connectivity index (χ1v) is 8.43. The minimum atomic E-state index is -9.67. The van der Waals surface area contributed by atoms with E-state index in [1.807, 2.05) is 4.65 Å². The molecule has 0 heterocycles. The number of rotatable bonds is 12. The topological polar surface area (TPSA) is 49.7 Å². The predicted octanol–water partition coefficient (Wildman–Crippen LogP) is 6.48. The van der Waals surface area contributed by atoms with E-state index in [1.54, 1.807) is 0 Å². The maximum atomic E-state index is 13.5. The second kappa shape index (κ2) is 9.60. The summed E-state index contributed by atoms with van der Waals surface area (Å²) >= 11 is 0. The van der Waals surface area contributed by atoms with Crippen molar-refractivity contribution in [3.05, 3.63) is 0 Å². The summed E-state index contributed by atoms with van der Waals surface area (Å²) in [6, 6.07) is 0. The molecule has 0 atom stereocenters. The molecule has 0 spiro atoms. The van der Waals surface area contributed by atoms with Crippen LogP contribution < -0.4 is 0 Å². The number of hydrogen-bond donors (Lipinski definition) is 2. The Kier molecular flexibility index (Phi) is 9.18. The van der Waals surface area contributed by atoms with E-state index in [4.69, 9.17) is 10.0 Å². The van der Waals surface area contributed by atoms with Crippen molar-refractivity contribution < 1.29 is 124 Å². The molecule has 0 saturated heterocycles. The second-order valence-electron chi connectivity index (χ2n) is 7.20. The molecule has 29 heteroatoms. The molecule has 0 aliphatic carbocycles. The van der Waals surface area contributed by atoms with Crippen LogP contribution in [0.15, 0.2) is 0 Å². The Morgan fingerprint density at radius 3 is 0.634 bits per heavy atom. The molecular formula is C12H2BF25O3. The molecule has 0 aromatic carbocycles. The van der Waals surface area contributed by atoms with Crippen LogP contribution in [-0.4, -0.2) is 88.9 Å². The first-order chi connectivity index (χ1) is 17.2. The minimum absolute atomic E-state index is 1.81. The van der Waals surface area contributed by atoms with E-state index in [-0.39, 0.29) is 0 Å². The Morgan fingerprint density at radius 2 is 0.463 bits per heavy atom. The quantitative estimate of drug-likeness (QED) is 0.184. The molecule has 0 bridgehead atoms. The van der Waals surface area contributed by atoms with Gasteiger partial charge in [-0.15, -0.1) is 0 Å². The first kappa shape index (κ1) is 39.2. The van der Waals surface area contributed by atoms with Gasteiger partial charge in [-0.1, -0.05) is 0 Å². The summed E-state index contributed by atoms with van der Waals surface area (Å²) < 4.78 is 329. The van der Waals surface area contributed by atoms with Crippen molar-refractivity contribution >= 4 is 7.32 Å². The molecule has 0 amide bonds. The maximum Gasteiger partial charge on any atom is 0.638 e. The second-order valence-corrected chi connectivity index (χ2v) is 7.20. The van der Waals surface area contributed by atoms with Gasteiger partial charge in [0.25, 0.3) is 0 Å². The van der Waals surface area contributed by atoms with E-state index in [0.29, 0.717) is 0 Å². The normalized spacial score (nSPS) is 16.8. The Labute approximate surface area is 205 Å². The zero-order valence-corrected chi connectivity index (χ0v) is 17.3. The smallest absolute Gasteiger partial charge is 0.402 e. The van der Waals surface area contributed by atoms with Crippen molar-refractivity contribution in [1.29, 1.82) is 0 Å². The molecule has 0 unspecified atom stereocenters. The average molecular weight is 680 g/mol. The lowest BCUT2D eigenvalue weighted by Gasteiger charge is -2.45. The van der Waals surface area contributed by atoms with Gasteiger partial charge in [-0.2, -0.15) is 110 Å². The molecular weight excluding hydrogens is 678 g/mol. The molecule has 0 aromatic heterocycles. The van der Waals surface area contributed by atoms with E-state index in [9.17, 15) is 110 Å². The van der Waals surface area contributed by atoms with E-state index in [1.165, 1.54) is 0 Å². The summed E-state index contributed by atoms with van der Waals surface area (Å²) in [5.74, 6) is -92.8. The summed E-state index contributed by atoms with van der Waals surface area (Å²) in [6.07, 6.45) is -15.9. The van der Waals surface area contributed by atoms with Crippen molar-refractivity contribution in [3.63, 3.8) is 0 Å². The van der Waals surface area contributed by atoms with Gasteiger partial charge in [0.15, 0.2) is 0 Å². The molecule has 0 rings (SSSR count). The third-order valence-electron chi connectivity index (χ3n) is 4.52. The van der Waals surface area contributed by atoms with Crippen LogP contribution in [0.4, 0.5) is 110 Å². The fourth-order valence-corrected chi connectivity index (χ4v) is 2.14. The summed E-state index contributed by atoms with van der Waals surface area (Å²) in [4.78, 5) is 0. The van der Waals surface area contributed by atoms with Gasteiger partial charge in [-0.05, 0) is 0 Å². The highest BCUT2D eigenvalue weighted by atomic mass is 19.4. The van der Waals surface area contributed by atoms with Gasteiger partial charge in [0, 0.05) is 0 Å². The summed E-state index contributed by atoms with van der Waals surface area (Å²) in [6.45, 7) is 0. The van der Waals surface area contributed by atoms with Gasteiger partial charge in [0.05, 0.1) is 0 Å². The molecule has 41 heavy (non-hydrogen) atoms. The van der Waals surface area contributed by atoms with Crippen LogP contribution in [0.25, 0.3) is 0 Å². The van der Waals surface area contributed by atoms with Gasteiger partial charge in [0.1, 0.15) is 0 Å². The fourth-order valence-electron chi connectivity index (χ4n) is 2.14. The highest BCUT2D eigenvalue weighted by molar-refractivity contribution is 6.32. The van der Waals surface area contributed by atoms with Crippen molar-refractivity contribution in [2.75, 3.05) is 0 Å². The largest absolute Gasteiger partial charge is 0.638 e. The van der Waals surface area contributed by atoms with Gasteiger partial charge in [-0.3, -0.25) is 0 Å². The van der Waals surface area contributed by atoms with Crippen LogP contribution in [0, 0.1) is 0 Å². The maximum absolute atomic E-state index is 13.5. The number of halogens is 25. The fraction of sp³-hybridized carbons (Fsp3) is 1.00. The van der Waals surface area contributed by atoms with Gasteiger partial charge >= 0.3 is 78.8 Å². The molecule has 0 fully saturated rings. The van der Waals surface area contributed by atoms with Gasteiger partial charge in [-0.25, -0.2) is 0 Å². The van der Waals surface area contributed by atoms with Crippen molar-refractivity contribution in [2.45, 2.75) is 71.5 Å². The van der Waals surface area contributed by atoms with Crippen LogP contribution in [0.1, 0.15) is 0 Å². The lowest BCUT2D eigenvalue weighted by atomic mass is 9.85. The van der Waals surface area contributed by atoms with E-state index < -0.39 is 78.8 Å². The molecule has 0 aliphatic rings. The standard InChI is InChI=1S/C12H2BF25O3/c14-1(15,3(18,19)5(22,23)7(26,27)9(30,31)11(34,35)36)2(16,17)4(20,21)6(24,25)8(28,29)10(32,33)12(37,38)41-13(39)40/h39-40H. The van der Waals surface area contributed by atoms with Gasteiger partial charge in [0.2, 0.25) is 0 Å². The summed E-state index contributed by atoms with van der Waals surface area (Å²) in [5, 5.41) is 15.7. The first-order valence-electron chi connectivity index (χ1n) is 8.43. The van der Waals surface area contributed by atoms with Crippen LogP contribution in [-0.2, 0) is 4.65 Å². The lowest BCUT2D eigenvalue weighted by Crippen LogP contribution is -2.78. The number of hydrogen-bond acceptors (Lipinski definition) is 3. The SMILES string of the molecule is OB(O)OC(F)(F)C(F)(F)C(F)(F)C(F)(F)C(F)(F)C(F)(F)C(F)(F)C(F)(F)C(F)(F)C(F)(F)C(F)(F)C(F)(F)F. The Hall–Kier alpha value is -1.81. The average Bonchev–Trinajstić information content (AvgIpc) is 2.70. The predicted molar refractivity (Wildman–Crippen MR) is 71.7 cm³/mol. The Morgan fingerprint density at radius 1 is 0.293 bits per heavy atom. The highest BCUT2D eigenvalue weighted by Gasteiger charge is 2.99. The van der Waals surface area contributed by atoms with E-state index >= 15 is 0 Å². The number of alkyl halides is 25. The van der Waals surface area contributed by atoms with Crippen LogP contribution in [0.5, 0.6) is 0 Å². The van der Waals surface area contributed by atoms with Crippen molar-refractivity contribution in [1.82, 2.24) is 0 Å².